The first-order chi connectivity index (χ1) is 15.5. The molecule has 0 saturated carbocycles. The van der Waals surface area contributed by atoms with Gasteiger partial charge in [-0.1, -0.05) is 58.0 Å². The van der Waals surface area contributed by atoms with Gasteiger partial charge in [0.05, 0.1) is 17.1 Å². The fraction of sp³-hybridized carbons (Fsp3) is 0.269. The van der Waals surface area contributed by atoms with Crippen LogP contribution in [0.25, 0.3) is 11.0 Å². The van der Waals surface area contributed by atoms with Crippen LogP contribution in [-0.2, 0) is 6.54 Å². The Labute approximate surface area is 190 Å². The van der Waals surface area contributed by atoms with Crippen LogP contribution in [-0.4, -0.2) is 14.5 Å². The molecule has 0 amide bonds. The van der Waals surface area contributed by atoms with Gasteiger partial charge in [0.2, 0.25) is 11.8 Å². The predicted octanol–water partition coefficient (Wildman–Crippen LogP) is 6.40. The van der Waals surface area contributed by atoms with Gasteiger partial charge >= 0.3 is 0 Å². The molecule has 4 rings (SSSR count). The zero-order valence-corrected chi connectivity index (χ0v) is 19.7. The van der Waals surface area contributed by atoms with Crippen LogP contribution in [0.3, 0.4) is 0 Å². The third kappa shape index (κ3) is 5.44. The summed E-state index contributed by atoms with van der Waals surface area (Å²) in [6.45, 7) is 12.5. The molecule has 0 aliphatic carbocycles. The molecule has 0 aliphatic rings. The third-order valence-corrected chi connectivity index (χ3v) is 4.58. The predicted molar refractivity (Wildman–Crippen MR) is 131 cm³/mol. The average Bonchev–Trinajstić information content (AvgIpc) is 3.21. The molecule has 4 aromatic rings. The fourth-order valence-corrected chi connectivity index (χ4v) is 3.34. The van der Waals surface area contributed by atoms with E-state index >= 15 is 0 Å². The summed E-state index contributed by atoms with van der Waals surface area (Å²) >= 11 is 0. The van der Waals surface area contributed by atoms with Crippen LogP contribution >= 0.6 is 0 Å². The molecule has 32 heavy (non-hydrogen) atoms. The Balaban J connectivity index is 0.000000860. The highest BCUT2D eigenvalue weighted by atomic mass is 16.5. The summed E-state index contributed by atoms with van der Waals surface area (Å²) in [4.78, 5) is 8.69. The lowest BCUT2D eigenvalue weighted by Crippen LogP contribution is -2.04. The molecule has 6 nitrogen and oxygen atoms in total. The Hall–Kier alpha value is -3.85. The number of ether oxygens (including phenoxy) is 1. The van der Waals surface area contributed by atoms with E-state index in [1.54, 1.807) is 12.1 Å². The van der Waals surface area contributed by atoms with Gasteiger partial charge in [-0.05, 0) is 48.7 Å². The SMILES string of the molecule is CC.CC.Cc1cc(C#N)cc(C)c1Oc1nc(N)nc2ccn(Cc3ccccc3)c12. The fourth-order valence-electron chi connectivity index (χ4n) is 3.34. The number of anilines is 1. The summed E-state index contributed by atoms with van der Waals surface area (Å²) in [6.07, 6.45) is 1.96. The number of nitrogens with two attached hydrogens (primary N) is 1. The number of nitriles is 1. The Morgan fingerprint density at radius 1 is 0.969 bits per heavy atom. The van der Waals surface area contributed by atoms with E-state index in [9.17, 15) is 0 Å². The minimum atomic E-state index is 0.156. The van der Waals surface area contributed by atoms with Crippen molar-refractivity contribution in [2.45, 2.75) is 48.1 Å². The quantitative estimate of drug-likeness (QED) is 0.406. The number of aromatic nitrogens is 3. The van der Waals surface area contributed by atoms with Gasteiger partial charge in [-0.15, -0.1) is 0 Å². The lowest BCUT2D eigenvalue weighted by Gasteiger charge is -2.14. The topological polar surface area (TPSA) is 89.8 Å². The molecule has 2 heterocycles. The smallest absolute Gasteiger partial charge is 0.249 e. The van der Waals surface area contributed by atoms with E-state index in [1.807, 2.05) is 76.6 Å². The Morgan fingerprint density at radius 2 is 1.59 bits per heavy atom. The monoisotopic (exact) mass is 429 g/mol. The molecular formula is C26H31N5O. The van der Waals surface area contributed by atoms with Crippen molar-refractivity contribution in [2.75, 3.05) is 5.73 Å². The van der Waals surface area contributed by atoms with Crippen molar-refractivity contribution in [3.8, 4) is 17.7 Å². The summed E-state index contributed by atoms with van der Waals surface area (Å²) in [5.41, 5.74) is 10.9. The number of aryl methyl sites for hydroxylation is 2. The second-order valence-corrected chi connectivity index (χ2v) is 6.70. The van der Waals surface area contributed by atoms with Crippen molar-refractivity contribution >= 4 is 17.0 Å². The largest absolute Gasteiger partial charge is 0.436 e. The van der Waals surface area contributed by atoms with Gasteiger partial charge in [-0.25, -0.2) is 4.98 Å². The molecule has 0 fully saturated rings. The highest BCUT2D eigenvalue weighted by Gasteiger charge is 2.16. The van der Waals surface area contributed by atoms with Gasteiger partial charge in [0.1, 0.15) is 11.3 Å². The lowest BCUT2D eigenvalue weighted by molar-refractivity contribution is 0.459. The van der Waals surface area contributed by atoms with E-state index in [2.05, 4.69) is 28.2 Å². The van der Waals surface area contributed by atoms with Crippen molar-refractivity contribution in [1.29, 1.82) is 5.26 Å². The van der Waals surface area contributed by atoms with E-state index in [0.717, 1.165) is 27.7 Å². The molecule has 0 atom stereocenters. The standard InChI is InChI=1S/C22H19N5O.2C2H6/c1-14-10-17(12-23)11-15(2)20(14)28-21-19-18(25-22(24)26-21)8-9-27(19)13-16-6-4-3-5-7-16;2*1-2/h3-11H,13H2,1-2H3,(H2,24,25,26);2*1-2H3. The van der Waals surface area contributed by atoms with Crippen LogP contribution in [0, 0.1) is 25.2 Å². The van der Waals surface area contributed by atoms with Crippen molar-refractivity contribution in [3.05, 3.63) is 77.0 Å². The van der Waals surface area contributed by atoms with Crippen LogP contribution in [0.2, 0.25) is 0 Å². The van der Waals surface area contributed by atoms with Crippen LogP contribution in [0.4, 0.5) is 5.95 Å². The zero-order valence-electron chi connectivity index (χ0n) is 19.7. The van der Waals surface area contributed by atoms with E-state index in [1.165, 1.54) is 0 Å². The summed E-state index contributed by atoms with van der Waals surface area (Å²) in [7, 11) is 0. The maximum Gasteiger partial charge on any atom is 0.249 e. The van der Waals surface area contributed by atoms with E-state index in [4.69, 9.17) is 15.7 Å². The molecule has 2 N–H and O–H groups in total. The number of nitrogen functional groups attached to an aromatic ring is 1. The molecule has 6 heteroatoms. The molecule has 2 aromatic heterocycles. The van der Waals surface area contributed by atoms with Crippen molar-refractivity contribution in [2.24, 2.45) is 0 Å². The van der Waals surface area contributed by atoms with Crippen molar-refractivity contribution in [1.82, 2.24) is 14.5 Å². The molecule has 2 aromatic carbocycles. The zero-order chi connectivity index (χ0) is 23.7. The number of rotatable bonds is 4. The lowest BCUT2D eigenvalue weighted by atomic mass is 10.1. The van der Waals surface area contributed by atoms with Crippen LogP contribution in [0.5, 0.6) is 11.6 Å². The Bertz CT molecular complexity index is 1180. The van der Waals surface area contributed by atoms with Gasteiger partial charge < -0.3 is 15.0 Å². The Morgan fingerprint density at radius 3 is 2.19 bits per heavy atom. The normalized spacial score (nSPS) is 9.78. The first-order valence-electron chi connectivity index (χ1n) is 10.9. The van der Waals surface area contributed by atoms with Crippen LogP contribution in [0.15, 0.2) is 54.7 Å². The molecule has 0 radical (unpaired) electrons. The number of hydrogen-bond acceptors (Lipinski definition) is 5. The van der Waals surface area contributed by atoms with Crippen molar-refractivity contribution < 1.29 is 4.74 Å². The first kappa shape index (κ1) is 24.4. The minimum Gasteiger partial charge on any atom is -0.436 e. The van der Waals surface area contributed by atoms with Crippen LogP contribution < -0.4 is 10.5 Å². The average molecular weight is 430 g/mol. The van der Waals surface area contributed by atoms with Crippen LogP contribution in [0.1, 0.15) is 49.9 Å². The summed E-state index contributed by atoms with van der Waals surface area (Å²) in [5, 5.41) is 9.16. The van der Waals surface area contributed by atoms with Gasteiger partial charge in [-0.3, -0.25) is 0 Å². The molecule has 0 aliphatic heterocycles. The maximum atomic E-state index is 9.16. The van der Waals surface area contributed by atoms with Crippen molar-refractivity contribution in [3.63, 3.8) is 0 Å². The van der Waals surface area contributed by atoms with Gasteiger partial charge in [0, 0.05) is 12.7 Å². The molecular weight excluding hydrogens is 398 g/mol. The summed E-state index contributed by atoms with van der Waals surface area (Å²) < 4.78 is 8.26. The highest BCUT2D eigenvalue weighted by Crippen LogP contribution is 2.33. The van der Waals surface area contributed by atoms with E-state index in [-0.39, 0.29) is 5.95 Å². The minimum absolute atomic E-state index is 0.156. The highest BCUT2D eigenvalue weighted by molar-refractivity contribution is 5.82. The molecule has 0 saturated heterocycles. The first-order valence-corrected chi connectivity index (χ1v) is 10.9. The molecule has 166 valence electrons. The van der Waals surface area contributed by atoms with E-state index in [0.29, 0.717) is 23.7 Å². The second kappa shape index (κ2) is 11.5. The number of hydrogen-bond donors (Lipinski definition) is 1. The molecule has 0 unspecified atom stereocenters. The second-order valence-electron chi connectivity index (χ2n) is 6.70. The Kier molecular flexibility index (Phi) is 8.79. The molecule has 0 spiro atoms. The third-order valence-electron chi connectivity index (χ3n) is 4.58. The number of benzene rings is 2. The van der Waals surface area contributed by atoms with Gasteiger partial charge in [-0.2, -0.15) is 10.2 Å². The summed E-state index contributed by atoms with van der Waals surface area (Å²) in [5.74, 6) is 1.23. The number of nitrogens with zero attached hydrogens (tertiary/aromatic N) is 4. The number of fused-ring (bicyclic) bond motifs is 1. The molecule has 0 bridgehead atoms. The maximum absolute atomic E-state index is 9.16. The van der Waals surface area contributed by atoms with E-state index < -0.39 is 0 Å². The summed E-state index contributed by atoms with van der Waals surface area (Å²) in [6, 6.07) is 17.8. The van der Waals surface area contributed by atoms with Gasteiger partial charge in [0.25, 0.3) is 0 Å². The van der Waals surface area contributed by atoms with Gasteiger partial charge in [0.15, 0.2) is 0 Å².